The van der Waals surface area contributed by atoms with E-state index in [-0.39, 0.29) is 21.8 Å². The number of nitro groups is 1. The summed E-state index contributed by atoms with van der Waals surface area (Å²) >= 11 is 0. The predicted molar refractivity (Wildman–Crippen MR) is 82.1 cm³/mol. The largest absolute Gasteiger partial charge is 0.478 e. The van der Waals surface area contributed by atoms with E-state index in [2.05, 4.69) is 0 Å². The number of non-ortho nitro benzene ring substituents is 1. The van der Waals surface area contributed by atoms with Crippen molar-refractivity contribution in [1.82, 2.24) is 0 Å². The van der Waals surface area contributed by atoms with Gasteiger partial charge in [0.05, 0.1) is 21.1 Å². The molecule has 1 N–H and O–H groups in total. The van der Waals surface area contributed by atoms with Crippen LogP contribution in [0.2, 0.25) is 0 Å². The van der Waals surface area contributed by atoms with Gasteiger partial charge in [0.15, 0.2) is 0 Å². The first-order chi connectivity index (χ1) is 10.7. The standard InChI is InChI=1S/C14H12N2O6S/c1-15(11-4-2-10(3-5-11)14(17)18)23(21,22)13-8-6-12(7-9-13)16(19)20/h2-9H,1H3,(H,17,18). The van der Waals surface area contributed by atoms with Crippen LogP contribution in [0.3, 0.4) is 0 Å². The average molecular weight is 336 g/mol. The molecule has 0 saturated heterocycles. The van der Waals surface area contributed by atoms with Gasteiger partial charge in [0.25, 0.3) is 15.7 Å². The summed E-state index contributed by atoms with van der Waals surface area (Å²) in [5.74, 6) is -1.11. The molecule has 0 radical (unpaired) electrons. The van der Waals surface area contributed by atoms with Crippen LogP contribution in [0.4, 0.5) is 11.4 Å². The minimum Gasteiger partial charge on any atom is -0.478 e. The highest BCUT2D eigenvalue weighted by Crippen LogP contribution is 2.24. The monoisotopic (exact) mass is 336 g/mol. The Morgan fingerprint density at radius 1 is 1.09 bits per heavy atom. The third kappa shape index (κ3) is 3.29. The molecule has 2 aromatic rings. The maximum Gasteiger partial charge on any atom is 0.335 e. The second-order valence-corrected chi connectivity index (χ2v) is 6.54. The fourth-order valence-corrected chi connectivity index (χ4v) is 3.05. The van der Waals surface area contributed by atoms with Crippen molar-refractivity contribution in [3.8, 4) is 0 Å². The molecule has 120 valence electrons. The van der Waals surface area contributed by atoms with E-state index < -0.39 is 20.9 Å². The summed E-state index contributed by atoms with van der Waals surface area (Å²) < 4.78 is 25.9. The molecule has 0 bridgehead atoms. The van der Waals surface area contributed by atoms with Gasteiger partial charge in [-0.1, -0.05) is 0 Å². The smallest absolute Gasteiger partial charge is 0.335 e. The number of anilines is 1. The zero-order valence-corrected chi connectivity index (χ0v) is 12.7. The molecule has 0 aromatic heterocycles. The highest BCUT2D eigenvalue weighted by molar-refractivity contribution is 7.92. The SMILES string of the molecule is CN(c1ccc(C(=O)O)cc1)S(=O)(=O)c1ccc([N+](=O)[O-])cc1. The maximum absolute atomic E-state index is 12.5. The summed E-state index contributed by atoms with van der Waals surface area (Å²) in [4.78, 5) is 20.7. The molecular weight excluding hydrogens is 324 g/mol. The number of carbonyl (C=O) groups is 1. The Morgan fingerprint density at radius 2 is 1.61 bits per heavy atom. The summed E-state index contributed by atoms with van der Waals surface area (Å²) in [6, 6.07) is 9.82. The lowest BCUT2D eigenvalue weighted by Gasteiger charge is -2.19. The fourth-order valence-electron chi connectivity index (χ4n) is 1.85. The van der Waals surface area contributed by atoms with Crippen molar-refractivity contribution in [3.63, 3.8) is 0 Å². The van der Waals surface area contributed by atoms with Crippen LogP contribution in [0, 0.1) is 10.1 Å². The summed E-state index contributed by atoms with van der Waals surface area (Å²) in [5, 5.41) is 19.4. The molecule has 0 aliphatic heterocycles. The summed E-state index contributed by atoms with van der Waals surface area (Å²) in [6.07, 6.45) is 0. The number of nitrogens with zero attached hydrogens (tertiary/aromatic N) is 2. The van der Waals surface area contributed by atoms with E-state index >= 15 is 0 Å². The summed E-state index contributed by atoms with van der Waals surface area (Å²) in [6.45, 7) is 0. The molecule has 0 unspecified atom stereocenters. The van der Waals surface area contributed by atoms with Crippen LogP contribution < -0.4 is 4.31 Å². The number of rotatable bonds is 5. The van der Waals surface area contributed by atoms with Crippen molar-refractivity contribution in [1.29, 1.82) is 0 Å². The fraction of sp³-hybridized carbons (Fsp3) is 0.0714. The Labute approximate surface area is 131 Å². The van der Waals surface area contributed by atoms with Crippen molar-refractivity contribution in [3.05, 3.63) is 64.2 Å². The van der Waals surface area contributed by atoms with Gasteiger partial charge in [-0.15, -0.1) is 0 Å². The van der Waals surface area contributed by atoms with Crippen LogP contribution in [0.15, 0.2) is 53.4 Å². The molecule has 0 aliphatic carbocycles. The molecule has 0 amide bonds. The number of carboxylic acids is 1. The first-order valence-corrected chi connectivity index (χ1v) is 7.74. The molecule has 2 aromatic carbocycles. The molecule has 0 saturated carbocycles. The van der Waals surface area contributed by atoms with E-state index in [1.54, 1.807) is 0 Å². The molecule has 8 nitrogen and oxygen atoms in total. The number of hydrogen-bond donors (Lipinski definition) is 1. The van der Waals surface area contributed by atoms with Crippen LogP contribution in [0.25, 0.3) is 0 Å². The van der Waals surface area contributed by atoms with Gasteiger partial charge in [-0.25, -0.2) is 13.2 Å². The van der Waals surface area contributed by atoms with E-state index in [0.717, 1.165) is 28.6 Å². The van der Waals surface area contributed by atoms with Gasteiger partial charge < -0.3 is 5.11 Å². The number of benzene rings is 2. The molecule has 9 heteroatoms. The van der Waals surface area contributed by atoms with Crippen molar-refractivity contribution in [2.24, 2.45) is 0 Å². The lowest BCUT2D eigenvalue weighted by Crippen LogP contribution is -2.26. The number of hydrogen-bond acceptors (Lipinski definition) is 5. The predicted octanol–water partition coefficient (Wildman–Crippen LogP) is 2.12. The molecule has 0 fully saturated rings. The minimum atomic E-state index is -3.90. The van der Waals surface area contributed by atoms with Crippen molar-refractivity contribution < 1.29 is 23.2 Å². The Balaban J connectivity index is 2.34. The first kappa shape index (κ1) is 16.4. The van der Waals surface area contributed by atoms with Crippen molar-refractivity contribution in [2.45, 2.75) is 4.90 Å². The van der Waals surface area contributed by atoms with Crippen molar-refractivity contribution >= 4 is 27.4 Å². The summed E-state index contributed by atoms with van der Waals surface area (Å²) in [7, 11) is -2.59. The highest BCUT2D eigenvalue weighted by atomic mass is 32.2. The average Bonchev–Trinajstić information content (AvgIpc) is 2.54. The number of nitro benzene ring substituents is 1. The van der Waals surface area contributed by atoms with E-state index in [9.17, 15) is 23.3 Å². The van der Waals surface area contributed by atoms with E-state index in [4.69, 9.17) is 5.11 Å². The normalized spacial score (nSPS) is 11.0. The van der Waals surface area contributed by atoms with Crippen LogP contribution in [-0.4, -0.2) is 31.5 Å². The third-order valence-electron chi connectivity index (χ3n) is 3.18. The van der Waals surface area contributed by atoms with Crippen molar-refractivity contribution in [2.75, 3.05) is 11.4 Å². The quantitative estimate of drug-likeness (QED) is 0.660. The molecule has 0 aliphatic rings. The van der Waals surface area contributed by atoms with Gasteiger partial charge in [0.1, 0.15) is 0 Å². The third-order valence-corrected chi connectivity index (χ3v) is 4.98. The Morgan fingerprint density at radius 3 is 2.04 bits per heavy atom. The van der Waals surface area contributed by atoms with Gasteiger partial charge in [-0.3, -0.25) is 14.4 Å². The molecule has 2 rings (SSSR count). The zero-order valence-electron chi connectivity index (χ0n) is 11.9. The van der Waals surface area contributed by atoms with Gasteiger partial charge in [-0.05, 0) is 36.4 Å². The molecule has 0 atom stereocenters. The van der Waals surface area contributed by atoms with Gasteiger partial charge in [0.2, 0.25) is 0 Å². The van der Waals surface area contributed by atoms with Crippen LogP contribution in [-0.2, 0) is 10.0 Å². The Kier molecular flexibility index (Phi) is 4.32. The summed E-state index contributed by atoms with van der Waals surface area (Å²) in [5.41, 5.74) is 0.0978. The highest BCUT2D eigenvalue weighted by Gasteiger charge is 2.22. The van der Waals surface area contributed by atoms with Crippen LogP contribution in [0.1, 0.15) is 10.4 Å². The zero-order chi connectivity index (χ0) is 17.2. The Bertz CT molecular complexity index is 844. The maximum atomic E-state index is 12.5. The second kappa shape index (κ2) is 6.05. The van der Waals surface area contributed by atoms with E-state index in [1.165, 1.54) is 31.3 Å². The first-order valence-electron chi connectivity index (χ1n) is 6.30. The van der Waals surface area contributed by atoms with Gasteiger partial charge >= 0.3 is 5.97 Å². The lowest BCUT2D eigenvalue weighted by molar-refractivity contribution is -0.384. The van der Waals surface area contributed by atoms with E-state index in [1.807, 2.05) is 0 Å². The number of carboxylic acid groups (broad SMARTS) is 1. The molecular formula is C14H12N2O6S. The number of sulfonamides is 1. The number of aromatic carboxylic acids is 1. The topological polar surface area (TPSA) is 118 Å². The van der Waals surface area contributed by atoms with Crippen LogP contribution >= 0.6 is 0 Å². The minimum absolute atomic E-state index is 0.0369. The lowest BCUT2D eigenvalue weighted by atomic mass is 10.2. The van der Waals surface area contributed by atoms with Gasteiger partial charge in [-0.2, -0.15) is 0 Å². The molecule has 23 heavy (non-hydrogen) atoms. The Hall–Kier alpha value is -2.94. The van der Waals surface area contributed by atoms with Gasteiger partial charge in [0, 0.05) is 19.2 Å². The molecule has 0 spiro atoms. The van der Waals surface area contributed by atoms with E-state index in [0.29, 0.717) is 0 Å². The second-order valence-electron chi connectivity index (χ2n) is 4.58. The molecule has 0 heterocycles. The van der Waals surface area contributed by atoms with Crippen LogP contribution in [0.5, 0.6) is 0 Å².